The predicted molar refractivity (Wildman–Crippen MR) is 72.7 cm³/mol. The number of amides is 2. The zero-order valence-electron chi connectivity index (χ0n) is 12.0. The lowest BCUT2D eigenvalue weighted by molar-refractivity contribution is -0.129. The van der Waals surface area contributed by atoms with E-state index in [4.69, 9.17) is 10.9 Å². The number of carbonyl (C=O) groups is 2. The molecule has 5 N–H and O–H groups in total. The molecule has 1 unspecified atom stereocenters. The van der Waals surface area contributed by atoms with Crippen molar-refractivity contribution in [2.75, 3.05) is 13.6 Å². The van der Waals surface area contributed by atoms with Gasteiger partial charge in [-0.1, -0.05) is 18.5 Å². The number of rotatable bonds is 7. The van der Waals surface area contributed by atoms with Crippen LogP contribution >= 0.6 is 0 Å². The van der Waals surface area contributed by atoms with Gasteiger partial charge in [0, 0.05) is 13.6 Å². The summed E-state index contributed by atoms with van der Waals surface area (Å²) in [6.07, 6.45) is 1.22. The zero-order chi connectivity index (χ0) is 15.1. The highest BCUT2D eigenvalue weighted by molar-refractivity contribution is 6.02. The smallest absolute Gasteiger partial charge is 0.230 e. The van der Waals surface area contributed by atoms with Gasteiger partial charge < -0.3 is 21.6 Å². The van der Waals surface area contributed by atoms with Crippen molar-refractivity contribution in [1.82, 2.24) is 10.6 Å². The number of nitrogens with zero attached hydrogens (tertiary/aromatic N) is 1. The van der Waals surface area contributed by atoms with Crippen LogP contribution in [0, 0.1) is 11.3 Å². The molecule has 0 aliphatic carbocycles. The molecule has 0 saturated carbocycles. The van der Waals surface area contributed by atoms with Crippen LogP contribution in [-0.2, 0) is 9.59 Å². The lowest BCUT2D eigenvalue weighted by Crippen LogP contribution is -2.47. The Labute approximate surface area is 113 Å². The van der Waals surface area contributed by atoms with Gasteiger partial charge in [-0.25, -0.2) is 0 Å². The Morgan fingerprint density at radius 1 is 1.42 bits per heavy atom. The highest BCUT2D eigenvalue weighted by Gasteiger charge is 2.29. The van der Waals surface area contributed by atoms with Crippen molar-refractivity contribution in [3.8, 4) is 0 Å². The molecule has 0 aliphatic heterocycles. The monoisotopic (exact) mass is 272 g/mol. The van der Waals surface area contributed by atoms with Gasteiger partial charge in [-0.05, 0) is 20.3 Å². The molecule has 2 amide bonds. The Morgan fingerprint density at radius 2 is 2.00 bits per heavy atom. The summed E-state index contributed by atoms with van der Waals surface area (Å²) in [7, 11) is 1.54. The van der Waals surface area contributed by atoms with Crippen molar-refractivity contribution >= 4 is 17.6 Å². The molecule has 7 heteroatoms. The highest BCUT2D eigenvalue weighted by Crippen LogP contribution is 2.14. The molecule has 0 aromatic rings. The SMILES string of the molecule is CCCC(C(=O)NCC(C)(C)C(=O)NC)C(N)=NO. The predicted octanol–water partition coefficient (Wildman–Crippen LogP) is 0.0375. The normalized spacial score (nSPS) is 13.8. The molecule has 0 spiro atoms. The Balaban J connectivity index is 4.62. The van der Waals surface area contributed by atoms with Crippen LogP contribution in [0.15, 0.2) is 5.16 Å². The van der Waals surface area contributed by atoms with Crippen LogP contribution in [0.2, 0.25) is 0 Å². The van der Waals surface area contributed by atoms with Gasteiger partial charge in [-0.2, -0.15) is 0 Å². The fourth-order valence-corrected chi connectivity index (χ4v) is 1.62. The molecule has 0 fully saturated rings. The molecule has 0 radical (unpaired) electrons. The van der Waals surface area contributed by atoms with Gasteiger partial charge in [0.2, 0.25) is 11.8 Å². The van der Waals surface area contributed by atoms with E-state index in [2.05, 4.69) is 15.8 Å². The van der Waals surface area contributed by atoms with E-state index in [-0.39, 0.29) is 24.2 Å². The Bertz CT molecular complexity index is 353. The quantitative estimate of drug-likeness (QED) is 0.226. The van der Waals surface area contributed by atoms with E-state index in [0.29, 0.717) is 6.42 Å². The van der Waals surface area contributed by atoms with Crippen molar-refractivity contribution < 1.29 is 14.8 Å². The van der Waals surface area contributed by atoms with Gasteiger partial charge in [0.05, 0.1) is 11.3 Å². The molecule has 110 valence electrons. The summed E-state index contributed by atoms with van der Waals surface area (Å²) in [5.74, 6) is -1.29. The number of hydrogen-bond acceptors (Lipinski definition) is 4. The maximum absolute atomic E-state index is 12.0. The van der Waals surface area contributed by atoms with Gasteiger partial charge in [0.25, 0.3) is 0 Å². The standard InChI is InChI=1S/C12H24N4O3/c1-5-6-8(9(13)16-19)10(17)15-7-12(2,3)11(18)14-4/h8,19H,5-7H2,1-4H3,(H2,13,16)(H,14,18)(H,15,17). The first-order valence-corrected chi connectivity index (χ1v) is 6.27. The van der Waals surface area contributed by atoms with Crippen molar-refractivity contribution in [3.63, 3.8) is 0 Å². The van der Waals surface area contributed by atoms with Crippen LogP contribution < -0.4 is 16.4 Å². The maximum Gasteiger partial charge on any atom is 0.230 e. The second kappa shape index (κ2) is 7.60. The van der Waals surface area contributed by atoms with Crippen molar-refractivity contribution in [1.29, 1.82) is 0 Å². The van der Waals surface area contributed by atoms with E-state index in [9.17, 15) is 9.59 Å². The van der Waals surface area contributed by atoms with Crippen molar-refractivity contribution in [3.05, 3.63) is 0 Å². The molecule has 7 nitrogen and oxygen atoms in total. The van der Waals surface area contributed by atoms with Gasteiger partial charge in [-0.15, -0.1) is 0 Å². The Morgan fingerprint density at radius 3 is 2.42 bits per heavy atom. The summed E-state index contributed by atoms with van der Waals surface area (Å²) in [6.45, 7) is 5.54. The third kappa shape index (κ3) is 5.15. The molecule has 19 heavy (non-hydrogen) atoms. The van der Waals surface area contributed by atoms with E-state index >= 15 is 0 Å². The molecular weight excluding hydrogens is 248 g/mol. The van der Waals surface area contributed by atoms with E-state index in [1.54, 1.807) is 20.9 Å². The number of nitrogens with one attached hydrogen (secondary N) is 2. The maximum atomic E-state index is 12.0. The summed E-state index contributed by atoms with van der Waals surface area (Å²) >= 11 is 0. The molecule has 0 aromatic carbocycles. The summed E-state index contributed by atoms with van der Waals surface area (Å²) < 4.78 is 0. The van der Waals surface area contributed by atoms with Crippen LogP contribution in [-0.4, -0.2) is 36.4 Å². The van der Waals surface area contributed by atoms with Gasteiger partial charge >= 0.3 is 0 Å². The van der Waals surface area contributed by atoms with Crippen LogP contribution in [0.5, 0.6) is 0 Å². The minimum atomic E-state index is -0.716. The van der Waals surface area contributed by atoms with Crippen LogP contribution in [0.3, 0.4) is 0 Å². The first-order chi connectivity index (χ1) is 8.80. The average Bonchev–Trinajstić information content (AvgIpc) is 2.40. The molecule has 0 heterocycles. The topological polar surface area (TPSA) is 117 Å². The molecule has 0 rings (SSSR count). The van der Waals surface area contributed by atoms with Crippen LogP contribution in [0.1, 0.15) is 33.6 Å². The fraction of sp³-hybridized carbons (Fsp3) is 0.750. The number of carbonyl (C=O) groups excluding carboxylic acids is 2. The third-order valence-corrected chi connectivity index (χ3v) is 2.91. The van der Waals surface area contributed by atoms with Crippen molar-refractivity contribution in [2.24, 2.45) is 22.2 Å². The molecule has 0 bridgehead atoms. The molecule has 0 aromatic heterocycles. The van der Waals surface area contributed by atoms with E-state index in [1.165, 1.54) is 0 Å². The summed E-state index contributed by atoms with van der Waals surface area (Å²) in [5, 5.41) is 16.7. The first kappa shape index (κ1) is 17.2. The summed E-state index contributed by atoms with van der Waals surface area (Å²) in [4.78, 5) is 23.6. The number of hydrogen-bond donors (Lipinski definition) is 4. The first-order valence-electron chi connectivity index (χ1n) is 6.27. The van der Waals surface area contributed by atoms with Crippen LogP contribution in [0.25, 0.3) is 0 Å². The molecular formula is C12H24N4O3. The number of oxime groups is 1. The zero-order valence-corrected chi connectivity index (χ0v) is 12.0. The number of amidine groups is 1. The molecule has 0 aliphatic rings. The Kier molecular flexibility index (Phi) is 6.89. The summed E-state index contributed by atoms with van der Waals surface area (Å²) in [6, 6.07) is 0. The molecule has 1 atom stereocenters. The highest BCUT2D eigenvalue weighted by atomic mass is 16.4. The van der Waals surface area contributed by atoms with E-state index < -0.39 is 11.3 Å². The van der Waals surface area contributed by atoms with Gasteiger partial charge in [-0.3, -0.25) is 9.59 Å². The summed E-state index contributed by atoms with van der Waals surface area (Å²) in [5.41, 5.74) is 4.77. The van der Waals surface area contributed by atoms with Gasteiger partial charge in [0.15, 0.2) is 5.84 Å². The minimum absolute atomic E-state index is 0.114. The fourth-order valence-electron chi connectivity index (χ4n) is 1.62. The largest absolute Gasteiger partial charge is 0.409 e. The third-order valence-electron chi connectivity index (χ3n) is 2.91. The van der Waals surface area contributed by atoms with Crippen molar-refractivity contribution in [2.45, 2.75) is 33.6 Å². The minimum Gasteiger partial charge on any atom is -0.409 e. The second-order valence-electron chi connectivity index (χ2n) is 5.05. The second-order valence-corrected chi connectivity index (χ2v) is 5.05. The van der Waals surface area contributed by atoms with Gasteiger partial charge in [0.1, 0.15) is 0 Å². The van der Waals surface area contributed by atoms with Crippen LogP contribution in [0.4, 0.5) is 0 Å². The van der Waals surface area contributed by atoms with E-state index in [0.717, 1.165) is 6.42 Å². The Hall–Kier alpha value is -1.79. The lowest BCUT2D eigenvalue weighted by atomic mass is 9.91. The average molecular weight is 272 g/mol. The van der Waals surface area contributed by atoms with E-state index in [1.807, 2.05) is 6.92 Å². The lowest BCUT2D eigenvalue weighted by Gasteiger charge is -2.24. The number of nitrogens with two attached hydrogens (primary N) is 1. The molecule has 0 saturated heterocycles.